The number of hydrazine groups is 2. The van der Waals surface area contributed by atoms with E-state index in [1.807, 2.05) is 50.2 Å². The van der Waals surface area contributed by atoms with Crippen LogP contribution in [0.5, 0.6) is 11.5 Å². The molecule has 2 aliphatic heterocycles. The van der Waals surface area contributed by atoms with Crippen LogP contribution in [0, 0.1) is 6.92 Å². The van der Waals surface area contributed by atoms with Crippen LogP contribution in [-0.2, 0) is 5.54 Å². The number of aryl methyl sites for hydroxylation is 1. The van der Waals surface area contributed by atoms with Crippen LogP contribution in [0.1, 0.15) is 60.3 Å². The first-order chi connectivity index (χ1) is 16.9. The molecule has 1 atom stereocenters. The van der Waals surface area contributed by atoms with Crippen molar-refractivity contribution in [3.63, 3.8) is 0 Å². The molecule has 5 rings (SSSR count). The van der Waals surface area contributed by atoms with Crippen LogP contribution >= 0.6 is 0 Å². The average Bonchev–Trinajstić information content (AvgIpc) is 3.11. The van der Waals surface area contributed by atoms with Gasteiger partial charge in [-0.05, 0) is 44.5 Å². The molecule has 3 aromatic carbocycles. The Hall–Kier alpha value is -3.59. The molecule has 0 saturated heterocycles. The zero-order valence-corrected chi connectivity index (χ0v) is 21.1. The van der Waals surface area contributed by atoms with Crippen molar-refractivity contribution in [2.24, 2.45) is 17.5 Å². The molecule has 0 aliphatic carbocycles. The third-order valence-electron chi connectivity index (χ3n) is 6.53. The van der Waals surface area contributed by atoms with Crippen LogP contribution in [0.15, 0.2) is 54.6 Å². The second-order valence-corrected chi connectivity index (χ2v) is 8.10. The molecule has 35 heavy (non-hydrogen) atoms. The molecule has 0 bridgehead atoms. The van der Waals surface area contributed by atoms with Gasteiger partial charge < -0.3 is 15.4 Å². The zero-order valence-electron chi connectivity index (χ0n) is 21.1. The summed E-state index contributed by atoms with van der Waals surface area (Å²) >= 11 is 0. The number of fused-ring (bicyclic) bond motifs is 6. The fraction of sp³-hybridized carbons (Fsp3) is 0.296. The molecule has 186 valence electrons. The lowest BCUT2D eigenvalue weighted by Crippen LogP contribution is -2.51. The van der Waals surface area contributed by atoms with Crippen molar-refractivity contribution >= 4 is 17.3 Å². The topological polar surface area (TPSA) is 137 Å². The van der Waals surface area contributed by atoms with Gasteiger partial charge in [0.05, 0.1) is 0 Å². The number of amides is 1. The lowest BCUT2D eigenvalue weighted by Gasteiger charge is -2.42. The van der Waals surface area contributed by atoms with E-state index in [9.17, 15) is 4.79 Å². The Morgan fingerprint density at radius 3 is 2.20 bits per heavy atom. The first-order valence-corrected chi connectivity index (χ1v) is 11.9. The summed E-state index contributed by atoms with van der Waals surface area (Å²) in [5.41, 5.74) is 11.0. The van der Waals surface area contributed by atoms with Crippen LogP contribution in [-0.4, -0.2) is 24.0 Å². The number of nitrogens with zero attached hydrogens (tertiary/aromatic N) is 2. The van der Waals surface area contributed by atoms with Gasteiger partial charge >= 0.3 is 0 Å². The van der Waals surface area contributed by atoms with Gasteiger partial charge in [0.2, 0.25) is 0 Å². The molecule has 0 saturated carbocycles. The van der Waals surface area contributed by atoms with Crippen molar-refractivity contribution in [1.82, 2.24) is 5.01 Å². The number of carbonyl (C=O) groups excluding carboxylic acids is 1. The molecule has 2 heterocycles. The number of hydrogen-bond acceptors (Lipinski definition) is 7. The van der Waals surface area contributed by atoms with E-state index in [0.717, 1.165) is 41.0 Å². The molecule has 3 aromatic rings. The predicted octanol–water partition coefficient (Wildman–Crippen LogP) is 4.00. The van der Waals surface area contributed by atoms with Crippen LogP contribution in [0.2, 0.25) is 0 Å². The summed E-state index contributed by atoms with van der Waals surface area (Å²) in [7, 11) is 0. The molecular formula is C27H36N6O2. The summed E-state index contributed by atoms with van der Waals surface area (Å²) in [4.78, 5) is 15.5. The number of carbonyl (C=O) groups is 1. The summed E-state index contributed by atoms with van der Waals surface area (Å²) in [5.74, 6) is 15.7. The largest absolute Gasteiger partial charge is 0.456 e. The van der Waals surface area contributed by atoms with Crippen molar-refractivity contribution < 1.29 is 9.53 Å². The number of nitrogens with two attached hydrogens (primary N) is 4. The number of hydrogen-bond donors (Lipinski definition) is 4. The van der Waals surface area contributed by atoms with Crippen LogP contribution in [0.3, 0.4) is 0 Å². The average molecular weight is 477 g/mol. The Morgan fingerprint density at radius 2 is 1.54 bits per heavy atom. The Morgan fingerprint density at radius 1 is 0.914 bits per heavy atom. The maximum atomic E-state index is 13.2. The maximum Gasteiger partial charge on any atom is 0.269 e. The van der Waals surface area contributed by atoms with Gasteiger partial charge in [-0.2, -0.15) is 0 Å². The van der Waals surface area contributed by atoms with Gasteiger partial charge in [0, 0.05) is 58.9 Å². The number of benzene rings is 3. The Bertz CT molecular complexity index is 1220. The van der Waals surface area contributed by atoms with Crippen molar-refractivity contribution in [3.8, 4) is 11.5 Å². The summed E-state index contributed by atoms with van der Waals surface area (Å²) in [6.07, 6.45) is 0. The molecule has 2 aliphatic rings. The molecule has 0 radical (unpaired) electrons. The molecule has 1 spiro atoms. The standard InChI is InChI=1S/C25H26N4O2.C2H6.H4N2/c1-4-28(5-2)21-14-23-20(12-15(21)3)25(19-11-10-16(26)13-22(19)31-23)18-9-7-6-8-17(18)24(30)29(25)27;2*1-2/h6-14H,4-5,26-27H2,1-3H3;1-2H3;1-2H2. The highest BCUT2D eigenvalue weighted by molar-refractivity contribution is 6.02. The first-order valence-electron chi connectivity index (χ1n) is 11.9. The summed E-state index contributed by atoms with van der Waals surface area (Å²) in [6, 6.07) is 17.3. The molecule has 8 nitrogen and oxygen atoms in total. The molecule has 8 heteroatoms. The van der Waals surface area contributed by atoms with Crippen molar-refractivity contribution in [1.29, 1.82) is 0 Å². The van der Waals surface area contributed by atoms with Gasteiger partial charge in [-0.1, -0.05) is 38.1 Å². The zero-order chi connectivity index (χ0) is 25.9. The lowest BCUT2D eigenvalue weighted by atomic mass is 9.75. The highest BCUT2D eigenvalue weighted by Gasteiger charge is 2.55. The predicted molar refractivity (Wildman–Crippen MR) is 142 cm³/mol. The van der Waals surface area contributed by atoms with Crippen molar-refractivity contribution in [2.75, 3.05) is 23.7 Å². The number of ether oxygens (including phenoxy) is 1. The first kappa shape index (κ1) is 26.0. The fourth-order valence-corrected chi connectivity index (χ4v) is 5.08. The molecule has 1 amide bonds. The highest BCUT2D eigenvalue weighted by atomic mass is 16.5. The molecule has 0 fully saturated rings. The van der Waals surface area contributed by atoms with Crippen LogP contribution in [0.4, 0.5) is 11.4 Å². The normalized spacial score (nSPS) is 16.7. The van der Waals surface area contributed by atoms with E-state index in [-0.39, 0.29) is 5.91 Å². The minimum Gasteiger partial charge on any atom is -0.456 e. The SMILES string of the molecule is CC.CCN(CC)c1cc2c(cc1C)C1(c3ccc(N)cc3O2)c2ccccc2C(=O)N1N.NN. The summed E-state index contributed by atoms with van der Waals surface area (Å²) in [5, 5.41) is 1.35. The lowest BCUT2D eigenvalue weighted by molar-refractivity contribution is 0.0665. The van der Waals surface area contributed by atoms with E-state index in [4.69, 9.17) is 16.3 Å². The van der Waals surface area contributed by atoms with Gasteiger partial charge in [0.15, 0.2) is 0 Å². The second kappa shape index (κ2) is 10.4. The Balaban J connectivity index is 0.000000815. The van der Waals surface area contributed by atoms with Crippen LogP contribution < -0.4 is 32.9 Å². The quantitative estimate of drug-likeness (QED) is 0.194. The minimum absolute atomic E-state index is 0.211. The monoisotopic (exact) mass is 476 g/mol. The number of anilines is 2. The Labute approximate surface area is 207 Å². The molecule has 0 aromatic heterocycles. The van der Waals surface area contributed by atoms with E-state index >= 15 is 0 Å². The third kappa shape index (κ3) is 3.80. The molecular weight excluding hydrogens is 440 g/mol. The highest BCUT2D eigenvalue weighted by Crippen LogP contribution is 2.57. The van der Waals surface area contributed by atoms with Gasteiger partial charge in [0.25, 0.3) is 5.91 Å². The maximum absolute atomic E-state index is 13.2. The van der Waals surface area contributed by atoms with E-state index in [1.54, 1.807) is 6.07 Å². The van der Waals surface area contributed by atoms with Gasteiger partial charge in [0.1, 0.15) is 17.0 Å². The number of rotatable bonds is 3. The molecule has 1 unspecified atom stereocenters. The summed E-state index contributed by atoms with van der Waals surface area (Å²) < 4.78 is 6.38. The second-order valence-electron chi connectivity index (χ2n) is 8.10. The van der Waals surface area contributed by atoms with E-state index in [0.29, 0.717) is 22.7 Å². The Kier molecular flexibility index (Phi) is 7.70. The van der Waals surface area contributed by atoms with E-state index in [1.165, 1.54) is 5.01 Å². The van der Waals surface area contributed by atoms with Crippen LogP contribution in [0.25, 0.3) is 0 Å². The van der Waals surface area contributed by atoms with E-state index in [2.05, 4.69) is 49.5 Å². The summed E-state index contributed by atoms with van der Waals surface area (Å²) in [6.45, 7) is 12.1. The smallest absolute Gasteiger partial charge is 0.269 e. The molecule has 8 N–H and O–H groups in total. The van der Waals surface area contributed by atoms with Gasteiger partial charge in [-0.3, -0.25) is 21.5 Å². The van der Waals surface area contributed by atoms with E-state index < -0.39 is 5.54 Å². The van der Waals surface area contributed by atoms with Gasteiger partial charge in [-0.25, -0.2) is 5.84 Å². The number of nitrogen functional groups attached to an aromatic ring is 1. The van der Waals surface area contributed by atoms with Crippen molar-refractivity contribution in [2.45, 2.75) is 40.2 Å². The minimum atomic E-state index is -0.975. The van der Waals surface area contributed by atoms with Crippen molar-refractivity contribution in [3.05, 3.63) is 82.4 Å². The van der Waals surface area contributed by atoms with Gasteiger partial charge in [-0.15, -0.1) is 0 Å². The third-order valence-corrected chi connectivity index (χ3v) is 6.53. The fourth-order valence-electron chi connectivity index (χ4n) is 5.08.